The first-order valence-electron chi connectivity index (χ1n) is 14.5. The molecule has 0 aliphatic heterocycles. The molecule has 0 fully saturated rings. The zero-order valence-corrected chi connectivity index (χ0v) is 24.8. The second-order valence-electron chi connectivity index (χ2n) is 10.9. The number of hydrogen-bond donors (Lipinski definition) is 0. The molecule has 0 N–H and O–H groups in total. The van der Waals surface area contributed by atoms with Crippen LogP contribution in [-0.2, 0) is 0 Å². The van der Waals surface area contributed by atoms with Gasteiger partial charge in [0.25, 0.3) is 0 Å². The molecular formula is C37H21N5S2. The maximum Gasteiger partial charge on any atom is 0.240 e. The summed E-state index contributed by atoms with van der Waals surface area (Å²) in [7, 11) is 0. The van der Waals surface area contributed by atoms with Crippen LogP contribution in [0.25, 0.3) is 85.7 Å². The van der Waals surface area contributed by atoms with Crippen molar-refractivity contribution < 1.29 is 0 Å². The predicted molar refractivity (Wildman–Crippen MR) is 185 cm³/mol. The molecule has 0 atom stereocenters. The van der Waals surface area contributed by atoms with Gasteiger partial charge in [0.2, 0.25) is 11.9 Å². The lowest BCUT2D eigenvalue weighted by Gasteiger charge is -2.12. The predicted octanol–water partition coefficient (Wildman–Crippen LogP) is 10.2. The highest BCUT2D eigenvalue weighted by atomic mass is 32.1. The van der Waals surface area contributed by atoms with Crippen LogP contribution in [0, 0.1) is 0 Å². The lowest BCUT2D eigenvalue weighted by molar-refractivity contribution is 0.896. The Kier molecular flexibility index (Phi) is 4.97. The maximum absolute atomic E-state index is 5.32. The molecule has 0 aliphatic carbocycles. The van der Waals surface area contributed by atoms with Gasteiger partial charge in [-0.15, -0.1) is 22.7 Å². The number of fused-ring (bicyclic) bond motifs is 10. The topological polar surface area (TPSA) is 48.5 Å². The van der Waals surface area contributed by atoms with E-state index in [0.717, 1.165) is 26.9 Å². The summed E-state index contributed by atoms with van der Waals surface area (Å²) in [4.78, 5) is 16.8. The van der Waals surface area contributed by atoms with E-state index in [9.17, 15) is 0 Å². The summed E-state index contributed by atoms with van der Waals surface area (Å²) in [6, 6.07) is 44.5. The van der Waals surface area contributed by atoms with Crippen molar-refractivity contribution in [2.45, 2.75) is 0 Å². The van der Waals surface area contributed by atoms with E-state index in [1.54, 1.807) is 11.3 Å². The van der Waals surface area contributed by atoms with Crippen LogP contribution in [0.4, 0.5) is 0 Å². The van der Waals surface area contributed by atoms with Crippen LogP contribution in [0.1, 0.15) is 0 Å². The van der Waals surface area contributed by atoms with Crippen molar-refractivity contribution in [1.82, 2.24) is 24.1 Å². The van der Waals surface area contributed by atoms with Crippen molar-refractivity contribution in [3.63, 3.8) is 0 Å². The fraction of sp³-hybridized carbons (Fsp3) is 0. The minimum atomic E-state index is 0.599. The van der Waals surface area contributed by atoms with Crippen LogP contribution in [0.5, 0.6) is 0 Å². The van der Waals surface area contributed by atoms with Crippen molar-refractivity contribution in [3.8, 4) is 23.3 Å². The SMILES string of the molecule is c1ccc(-c2nc(-n3c4ccccc4c4ccccc43)nc(-n3c4sc5ccccc5c4c4sc5ccccc5c43)n2)cc1. The largest absolute Gasteiger partial charge is 0.278 e. The first kappa shape index (κ1) is 24.1. The van der Waals surface area contributed by atoms with Gasteiger partial charge in [-0.3, -0.25) is 9.13 Å². The Labute approximate surface area is 258 Å². The lowest BCUT2D eigenvalue weighted by atomic mass is 10.2. The number of benzene rings is 5. The molecule has 0 aliphatic rings. The molecule has 0 amide bonds. The van der Waals surface area contributed by atoms with Crippen molar-refractivity contribution in [3.05, 3.63) is 127 Å². The van der Waals surface area contributed by atoms with Crippen LogP contribution < -0.4 is 0 Å². The third-order valence-electron chi connectivity index (χ3n) is 8.42. The molecule has 0 spiro atoms. The van der Waals surface area contributed by atoms with Gasteiger partial charge in [0.1, 0.15) is 4.83 Å². The summed E-state index contributed by atoms with van der Waals surface area (Å²) in [5.41, 5.74) is 4.23. The monoisotopic (exact) mass is 599 g/mol. The molecule has 206 valence electrons. The Balaban J connectivity index is 1.38. The Bertz CT molecular complexity index is 2680. The molecular weight excluding hydrogens is 579 g/mol. The van der Waals surface area contributed by atoms with Crippen LogP contribution in [0.3, 0.4) is 0 Å². The Morgan fingerprint density at radius 1 is 0.455 bits per heavy atom. The molecule has 10 aromatic rings. The standard InChI is InChI=1S/C37H21N5S2/c1-2-12-22(13-3-1)34-38-36(41-27-18-8-4-14-23(27)24-15-5-9-19-28(24)41)40-37(39-34)42-32-26-17-7-11-21-30(26)43-33(32)31-25-16-6-10-20-29(25)44-35(31)42/h1-21H. The summed E-state index contributed by atoms with van der Waals surface area (Å²) < 4.78 is 8.23. The highest BCUT2D eigenvalue weighted by Crippen LogP contribution is 2.47. The van der Waals surface area contributed by atoms with Crippen molar-refractivity contribution >= 4 is 85.1 Å². The van der Waals surface area contributed by atoms with Crippen LogP contribution in [0.15, 0.2) is 127 Å². The number of para-hydroxylation sites is 2. The van der Waals surface area contributed by atoms with E-state index in [1.165, 1.54) is 41.0 Å². The van der Waals surface area contributed by atoms with Crippen molar-refractivity contribution in [2.75, 3.05) is 0 Å². The quantitative estimate of drug-likeness (QED) is 0.203. The minimum absolute atomic E-state index is 0.599. The average Bonchev–Trinajstić information content (AvgIpc) is 3.81. The molecule has 0 bridgehead atoms. The highest BCUT2D eigenvalue weighted by molar-refractivity contribution is 7.30. The van der Waals surface area contributed by atoms with Crippen LogP contribution >= 0.6 is 22.7 Å². The Morgan fingerprint density at radius 2 is 1.00 bits per heavy atom. The number of thiophene rings is 2. The molecule has 10 rings (SSSR count). The third-order valence-corrected chi connectivity index (χ3v) is 10.8. The molecule has 0 radical (unpaired) electrons. The van der Waals surface area contributed by atoms with Gasteiger partial charge in [-0.1, -0.05) is 103 Å². The van der Waals surface area contributed by atoms with Crippen LogP contribution in [-0.4, -0.2) is 24.1 Å². The number of rotatable bonds is 3. The van der Waals surface area contributed by atoms with Crippen LogP contribution in [0.2, 0.25) is 0 Å². The van der Waals surface area contributed by atoms with Crippen molar-refractivity contribution in [2.24, 2.45) is 0 Å². The van der Waals surface area contributed by atoms with Gasteiger partial charge in [-0.25, -0.2) is 0 Å². The molecule has 5 heterocycles. The van der Waals surface area contributed by atoms with E-state index in [4.69, 9.17) is 15.0 Å². The smallest absolute Gasteiger partial charge is 0.240 e. The summed E-state index contributed by atoms with van der Waals surface area (Å²) in [6.07, 6.45) is 0. The molecule has 5 nitrogen and oxygen atoms in total. The van der Waals surface area contributed by atoms with Gasteiger partial charge in [0.05, 0.1) is 21.3 Å². The maximum atomic E-state index is 5.32. The summed E-state index contributed by atoms with van der Waals surface area (Å²) >= 11 is 3.64. The zero-order chi connectivity index (χ0) is 28.8. The van der Waals surface area contributed by atoms with Gasteiger partial charge >= 0.3 is 0 Å². The van der Waals surface area contributed by atoms with Crippen molar-refractivity contribution in [1.29, 1.82) is 0 Å². The Hall–Kier alpha value is -5.37. The number of aromatic nitrogens is 5. The lowest BCUT2D eigenvalue weighted by Crippen LogP contribution is -2.10. The molecule has 5 aromatic heterocycles. The number of hydrogen-bond acceptors (Lipinski definition) is 5. The number of nitrogens with zero attached hydrogens (tertiary/aromatic N) is 5. The van der Waals surface area contributed by atoms with E-state index in [1.807, 2.05) is 29.5 Å². The summed E-state index contributed by atoms with van der Waals surface area (Å²) in [6.45, 7) is 0. The third kappa shape index (κ3) is 3.30. The summed E-state index contributed by atoms with van der Waals surface area (Å²) in [5.74, 6) is 1.86. The molecule has 0 unspecified atom stereocenters. The van der Waals surface area contributed by atoms with Gasteiger partial charge in [-0.2, -0.15) is 15.0 Å². The van der Waals surface area contributed by atoms with E-state index >= 15 is 0 Å². The zero-order valence-electron chi connectivity index (χ0n) is 23.2. The fourth-order valence-electron chi connectivity index (χ4n) is 6.53. The molecule has 7 heteroatoms. The van der Waals surface area contributed by atoms with E-state index in [2.05, 4.69) is 118 Å². The highest BCUT2D eigenvalue weighted by Gasteiger charge is 2.25. The molecule has 0 saturated carbocycles. The van der Waals surface area contributed by atoms with E-state index < -0.39 is 0 Å². The van der Waals surface area contributed by atoms with Gasteiger partial charge in [0, 0.05) is 41.9 Å². The second kappa shape index (κ2) is 9.07. The first-order valence-corrected chi connectivity index (χ1v) is 16.1. The second-order valence-corrected chi connectivity index (χ2v) is 13.0. The minimum Gasteiger partial charge on any atom is -0.278 e. The Morgan fingerprint density at radius 3 is 1.70 bits per heavy atom. The molecule has 5 aromatic carbocycles. The first-order chi connectivity index (χ1) is 21.8. The normalized spacial score (nSPS) is 12.1. The van der Waals surface area contributed by atoms with Gasteiger partial charge in [-0.05, 0) is 24.3 Å². The van der Waals surface area contributed by atoms with Gasteiger partial charge < -0.3 is 0 Å². The molecule has 0 saturated heterocycles. The van der Waals surface area contributed by atoms with Gasteiger partial charge in [0.15, 0.2) is 5.82 Å². The molecule has 44 heavy (non-hydrogen) atoms. The fourth-order valence-corrected chi connectivity index (χ4v) is 9.06. The van der Waals surface area contributed by atoms with E-state index in [-0.39, 0.29) is 0 Å². The van der Waals surface area contributed by atoms with E-state index in [0.29, 0.717) is 17.7 Å². The average molecular weight is 600 g/mol. The summed E-state index contributed by atoms with van der Waals surface area (Å²) in [5, 5.41) is 6.08.